The van der Waals surface area contributed by atoms with Crippen LogP contribution in [-0.2, 0) is 0 Å². The van der Waals surface area contributed by atoms with Crippen LogP contribution in [0.1, 0.15) is 46.7 Å². The zero-order chi connectivity index (χ0) is 22.3. The number of carbonyl (C=O) groups excluding carboxylic acids is 2. The molecule has 0 saturated carbocycles. The SMILES string of the molecule is CCN(CC)CCNC(=O)c1cc(C(=O)N=C(N)N)cc(-c2ccoc2C(F)F)c1.Cl.Cl. The van der Waals surface area contributed by atoms with E-state index in [2.05, 4.69) is 15.2 Å². The molecule has 1 aromatic heterocycles. The summed E-state index contributed by atoms with van der Waals surface area (Å²) >= 11 is 0. The molecule has 5 N–H and O–H groups in total. The van der Waals surface area contributed by atoms with Crippen molar-refractivity contribution in [3.05, 3.63) is 47.4 Å². The number of benzene rings is 1. The first kappa shape index (κ1) is 29.3. The highest BCUT2D eigenvalue weighted by Gasteiger charge is 2.21. The number of likely N-dealkylation sites (N-methyl/N-ethyl adjacent to an activating group) is 1. The van der Waals surface area contributed by atoms with Crippen molar-refractivity contribution in [1.82, 2.24) is 10.2 Å². The van der Waals surface area contributed by atoms with E-state index in [4.69, 9.17) is 15.9 Å². The van der Waals surface area contributed by atoms with Crippen LogP contribution in [0, 0.1) is 0 Å². The van der Waals surface area contributed by atoms with Crippen LogP contribution in [0.5, 0.6) is 0 Å². The van der Waals surface area contributed by atoms with E-state index in [-0.39, 0.29) is 47.1 Å². The van der Waals surface area contributed by atoms with E-state index in [9.17, 15) is 18.4 Å². The third-order valence-corrected chi connectivity index (χ3v) is 4.49. The number of amides is 2. The first-order valence-corrected chi connectivity index (χ1v) is 9.42. The van der Waals surface area contributed by atoms with Gasteiger partial charge in [0.1, 0.15) is 0 Å². The quantitative estimate of drug-likeness (QED) is 0.363. The monoisotopic (exact) mass is 493 g/mol. The fraction of sp³-hybridized carbons (Fsp3) is 0.350. The Morgan fingerprint density at radius 1 is 1.12 bits per heavy atom. The highest BCUT2D eigenvalue weighted by Crippen LogP contribution is 2.33. The topological polar surface area (TPSA) is 127 Å². The number of nitrogens with one attached hydrogen (secondary N) is 1. The summed E-state index contributed by atoms with van der Waals surface area (Å²) in [4.78, 5) is 30.5. The van der Waals surface area contributed by atoms with E-state index in [0.717, 1.165) is 19.4 Å². The van der Waals surface area contributed by atoms with Crippen molar-refractivity contribution in [2.75, 3.05) is 26.2 Å². The summed E-state index contributed by atoms with van der Waals surface area (Å²) in [5.41, 5.74) is 10.9. The van der Waals surface area contributed by atoms with Crippen LogP contribution in [0.25, 0.3) is 11.1 Å². The Morgan fingerprint density at radius 3 is 2.31 bits per heavy atom. The molecule has 0 unspecified atom stereocenters. The number of hydrogen-bond donors (Lipinski definition) is 3. The highest BCUT2D eigenvalue weighted by molar-refractivity contribution is 6.05. The van der Waals surface area contributed by atoms with Gasteiger partial charge in [-0.2, -0.15) is 4.99 Å². The summed E-state index contributed by atoms with van der Waals surface area (Å²) in [6.45, 7) is 6.75. The molecular weight excluding hydrogens is 467 g/mol. The van der Waals surface area contributed by atoms with Crippen molar-refractivity contribution >= 4 is 42.6 Å². The summed E-state index contributed by atoms with van der Waals surface area (Å²) in [7, 11) is 0. The van der Waals surface area contributed by atoms with Crippen LogP contribution >= 0.6 is 24.8 Å². The molecule has 0 atom stereocenters. The molecule has 1 heterocycles. The van der Waals surface area contributed by atoms with Gasteiger partial charge >= 0.3 is 0 Å². The molecule has 0 aliphatic heterocycles. The number of nitrogens with two attached hydrogens (primary N) is 2. The van der Waals surface area contributed by atoms with Gasteiger partial charge < -0.3 is 26.1 Å². The average molecular weight is 494 g/mol. The van der Waals surface area contributed by atoms with E-state index in [1.54, 1.807) is 0 Å². The largest absolute Gasteiger partial charge is 0.463 e. The molecule has 0 aliphatic rings. The van der Waals surface area contributed by atoms with Crippen molar-refractivity contribution in [3.63, 3.8) is 0 Å². The minimum absolute atomic E-state index is 0. The molecule has 2 amide bonds. The van der Waals surface area contributed by atoms with Crippen LogP contribution in [0.3, 0.4) is 0 Å². The van der Waals surface area contributed by atoms with E-state index >= 15 is 0 Å². The molecule has 0 saturated heterocycles. The minimum Gasteiger partial charge on any atom is -0.463 e. The van der Waals surface area contributed by atoms with Gasteiger partial charge in [0.25, 0.3) is 18.2 Å². The number of hydrogen-bond acceptors (Lipinski definition) is 4. The number of nitrogens with zero attached hydrogens (tertiary/aromatic N) is 2. The number of furan rings is 1. The van der Waals surface area contributed by atoms with Gasteiger partial charge in [0.15, 0.2) is 11.7 Å². The van der Waals surface area contributed by atoms with Gasteiger partial charge in [-0.3, -0.25) is 9.59 Å². The second-order valence-corrected chi connectivity index (χ2v) is 6.42. The van der Waals surface area contributed by atoms with E-state index in [0.29, 0.717) is 13.1 Å². The maximum absolute atomic E-state index is 13.2. The second-order valence-electron chi connectivity index (χ2n) is 6.42. The van der Waals surface area contributed by atoms with Crippen molar-refractivity contribution < 1.29 is 22.8 Å². The molecule has 1 aromatic carbocycles. The third-order valence-electron chi connectivity index (χ3n) is 4.49. The molecule has 0 bridgehead atoms. The minimum atomic E-state index is -2.86. The molecule has 32 heavy (non-hydrogen) atoms. The zero-order valence-corrected chi connectivity index (χ0v) is 19.3. The van der Waals surface area contributed by atoms with E-state index < -0.39 is 30.0 Å². The van der Waals surface area contributed by atoms with Crippen molar-refractivity contribution in [1.29, 1.82) is 0 Å². The molecule has 178 valence electrons. The fourth-order valence-corrected chi connectivity index (χ4v) is 2.92. The maximum Gasteiger partial charge on any atom is 0.296 e. The Kier molecular flexibility index (Phi) is 12.5. The Balaban J connectivity index is 0.00000480. The summed E-state index contributed by atoms with van der Waals surface area (Å²) in [6.07, 6.45) is -1.75. The summed E-state index contributed by atoms with van der Waals surface area (Å²) < 4.78 is 31.3. The van der Waals surface area contributed by atoms with Crippen LogP contribution in [0.15, 0.2) is 39.9 Å². The van der Waals surface area contributed by atoms with Crippen LogP contribution in [0.4, 0.5) is 8.78 Å². The lowest BCUT2D eigenvalue weighted by molar-refractivity contribution is 0.0949. The number of guanidine groups is 1. The molecular formula is C20H27Cl2F2N5O3. The molecule has 8 nitrogen and oxygen atoms in total. The van der Waals surface area contributed by atoms with Crippen molar-refractivity contribution in [3.8, 4) is 11.1 Å². The van der Waals surface area contributed by atoms with Crippen LogP contribution in [0.2, 0.25) is 0 Å². The normalized spacial score (nSPS) is 10.3. The van der Waals surface area contributed by atoms with Crippen molar-refractivity contribution in [2.24, 2.45) is 16.5 Å². The van der Waals surface area contributed by atoms with Crippen molar-refractivity contribution in [2.45, 2.75) is 20.3 Å². The van der Waals surface area contributed by atoms with Gasteiger partial charge in [-0.05, 0) is 42.9 Å². The zero-order valence-electron chi connectivity index (χ0n) is 17.6. The predicted molar refractivity (Wildman–Crippen MR) is 124 cm³/mol. The number of aliphatic imine (C=N–C) groups is 1. The number of rotatable bonds is 9. The second kappa shape index (κ2) is 13.7. The van der Waals surface area contributed by atoms with Gasteiger partial charge in [-0.15, -0.1) is 24.8 Å². The standard InChI is InChI=1S/C20H25F2N5O3.2ClH/c1-3-27(4-2)7-6-25-18(28)13-9-12(15-5-8-30-16(15)17(21)22)10-14(11-13)19(29)26-20(23)24;;/h5,8-11,17H,3-4,6-7H2,1-2H3,(H,25,28)(H4,23,24,26,29);2*1H. The van der Waals surface area contributed by atoms with Gasteiger partial charge in [0.2, 0.25) is 0 Å². The molecule has 2 aromatic rings. The summed E-state index contributed by atoms with van der Waals surface area (Å²) in [5, 5.41) is 2.77. The molecule has 0 spiro atoms. The van der Waals surface area contributed by atoms with Gasteiger partial charge in [0.05, 0.1) is 6.26 Å². The van der Waals surface area contributed by atoms with Gasteiger partial charge in [-0.1, -0.05) is 13.8 Å². The Morgan fingerprint density at radius 2 is 1.75 bits per heavy atom. The molecule has 0 fully saturated rings. The maximum atomic E-state index is 13.2. The molecule has 2 rings (SSSR count). The predicted octanol–water partition coefficient (Wildman–Crippen LogP) is 3.21. The Hall–Kier alpha value is -2.69. The lowest BCUT2D eigenvalue weighted by Gasteiger charge is -2.18. The molecule has 12 heteroatoms. The third kappa shape index (κ3) is 7.77. The van der Waals surface area contributed by atoms with E-state index in [1.165, 1.54) is 24.3 Å². The number of carbonyl (C=O) groups is 2. The molecule has 0 aliphatic carbocycles. The summed E-state index contributed by atoms with van der Waals surface area (Å²) in [6, 6.07) is 5.40. The first-order valence-electron chi connectivity index (χ1n) is 9.42. The Bertz CT molecular complexity index is 930. The average Bonchev–Trinajstić information content (AvgIpc) is 3.20. The number of halogens is 4. The van der Waals surface area contributed by atoms with Crippen LogP contribution < -0.4 is 16.8 Å². The van der Waals surface area contributed by atoms with Crippen LogP contribution in [-0.4, -0.2) is 48.9 Å². The lowest BCUT2D eigenvalue weighted by Crippen LogP contribution is -2.34. The van der Waals surface area contributed by atoms with E-state index in [1.807, 2.05) is 13.8 Å². The first-order chi connectivity index (χ1) is 14.3. The smallest absolute Gasteiger partial charge is 0.296 e. The lowest BCUT2D eigenvalue weighted by atomic mass is 9.99. The highest BCUT2D eigenvalue weighted by atomic mass is 35.5. The number of alkyl halides is 2. The molecule has 0 radical (unpaired) electrons. The Labute approximate surface area is 197 Å². The van der Waals surface area contributed by atoms with Gasteiger partial charge in [0, 0.05) is 29.8 Å². The fourth-order valence-electron chi connectivity index (χ4n) is 2.92. The van der Waals surface area contributed by atoms with Gasteiger partial charge in [-0.25, -0.2) is 8.78 Å². The summed E-state index contributed by atoms with van der Waals surface area (Å²) in [5.74, 6) is -2.26.